The summed E-state index contributed by atoms with van der Waals surface area (Å²) >= 11 is 0. The Hall–Kier alpha value is -3.49. The first-order chi connectivity index (χ1) is 14.4. The smallest absolute Gasteiger partial charge is 0.352 e. The molecule has 1 aromatic heterocycles. The predicted molar refractivity (Wildman–Crippen MR) is 106 cm³/mol. The predicted octanol–water partition coefficient (Wildman–Crippen LogP) is 2.34. The Morgan fingerprint density at radius 1 is 1.10 bits per heavy atom. The molecular weight excluding hydrogens is 393 g/mol. The van der Waals surface area contributed by atoms with Crippen LogP contribution < -0.4 is 10.2 Å². The molecule has 1 unspecified atom stereocenters. The maximum absolute atomic E-state index is 13.3. The molecule has 2 aromatic carbocycles. The number of ether oxygens (including phenoxy) is 1. The van der Waals surface area contributed by atoms with E-state index in [1.165, 1.54) is 12.1 Å². The SMILES string of the molecule is O=C(O)c1cc(=O)c(OCc2ccccc2)c(C(O)c2ccc(F)cc2)n1CCO. The summed E-state index contributed by atoms with van der Waals surface area (Å²) < 4.78 is 20.1. The quantitative estimate of drug-likeness (QED) is 0.523. The highest BCUT2D eigenvalue weighted by molar-refractivity contribution is 5.86. The average molecular weight is 413 g/mol. The van der Waals surface area contributed by atoms with Crippen LogP contribution >= 0.6 is 0 Å². The number of carboxylic acid groups (broad SMARTS) is 1. The zero-order valence-corrected chi connectivity index (χ0v) is 15.9. The van der Waals surface area contributed by atoms with Crippen molar-refractivity contribution in [3.63, 3.8) is 0 Å². The number of aromatic nitrogens is 1. The van der Waals surface area contributed by atoms with Crippen molar-refractivity contribution in [1.29, 1.82) is 0 Å². The van der Waals surface area contributed by atoms with E-state index in [4.69, 9.17) is 4.74 Å². The number of benzene rings is 2. The van der Waals surface area contributed by atoms with Crippen molar-refractivity contribution in [2.75, 3.05) is 6.61 Å². The number of nitrogens with zero attached hydrogens (tertiary/aromatic N) is 1. The van der Waals surface area contributed by atoms with Gasteiger partial charge < -0.3 is 24.6 Å². The third kappa shape index (κ3) is 4.56. The van der Waals surface area contributed by atoms with E-state index in [2.05, 4.69) is 0 Å². The molecule has 0 spiro atoms. The fraction of sp³-hybridized carbons (Fsp3) is 0.182. The van der Waals surface area contributed by atoms with Crippen LogP contribution in [0, 0.1) is 5.82 Å². The Kier molecular flexibility index (Phi) is 6.61. The molecule has 0 saturated carbocycles. The molecule has 0 amide bonds. The number of pyridine rings is 1. The van der Waals surface area contributed by atoms with Crippen LogP contribution in [0.15, 0.2) is 65.5 Å². The highest BCUT2D eigenvalue weighted by Crippen LogP contribution is 2.30. The second kappa shape index (κ2) is 9.34. The first-order valence-electron chi connectivity index (χ1n) is 9.14. The monoisotopic (exact) mass is 413 g/mol. The molecule has 30 heavy (non-hydrogen) atoms. The minimum atomic E-state index is -1.49. The standard InChI is InChI=1S/C22H20FNO6/c23-16-8-6-15(7-9-16)20(27)19-21(30-13-14-4-2-1-3-5-14)18(26)12-17(22(28)29)24(19)10-11-25/h1-9,12,20,25,27H,10-11,13H2,(H,28,29). The summed E-state index contributed by atoms with van der Waals surface area (Å²) in [6.45, 7) is -0.633. The summed E-state index contributed by atoms with van der Waals surface area (Å²) in [6.07, 6.45) is -1.49. The molecule has 0 aliphatic heterocycles. The number of aliphatic hydroxyl groups is 2. The van der Waals surface area contributed by atoms with Gasteiger partial charge >= 0.3 is 5.97 Å². The van der Waals surface area contributed by atoms with Crippen molar-refractivity contribution >= 4 is 5.97 Å². The van der Waals surface area contributed by atoms with Gasteiger partial charge in [0.05, 0.1) is 12.3 Å². The summed E-state index contributed by atoms with van der Waals surface area (Å²) in [4.78, 5) is 24.4. The van der Waals surface area contributed by atoms with Gasteiger partial charge in [0.25, 0.3) is 0 Å². The number of hydrogen-bond acceptors (Lipinski definition) is 5. The van der Waals surface area contributed by atoms with Crippen LogP contribution in [0.25, 0.3) is 0 Å². The molecule has 7 nitrogen and oxygen atoms in total. The maximum atomic E-state index is 13.3. The van der Waals surface area contributed by atoms with Crippen LogP contribution in [0.3, 0.4) is 0 Å². The van der Waals surface area contributed by atoms with Gasteiger partial charge in [-0.3, -0.25) is 4.79 Å². The molecule has 8 heteroatoms. The minimum absolute atomic E-state index is 0.00472. The largest absolute Gasteiger partial charge is 0.483 e. The maximum Gasteiger partial charge on any atom is 0.352 e. The molecule has 0 saturated heterocycles. The van der Waals surface area contributed by atoms with Crippen LogP contribution in [0.4, 0.5) is 4.39 Å². The van der Waals surface area contributed by atoms with Crippen molar-refractivity contribution < 1.29 is 29.2 Å². The van der Waals surface area contributed by atoms with Crippen molar-refractivity contribution in [1.82, 2.24) is 4.57 Å². The third-order valence-electron chi connectivity index (χ3n) is 4.52. The number of aromatic carboxylic acids is 1. The number of aliphatic hydroxyl groups excluding tert-OH is 2. The molecule has 3 rings (SSSR count). The van der Waals surface area contributed by atoms with Crippen LogP contribution in [-0.2, 0) is 13.2 Å². The van der Waals surface area contributed by atoms with Gasteiger partial charge in [0.15, 0.2) is 5.75 Å². The second-order valence-corrected chi connectivity index (χ2v) is 6.52. The first kappa shape index (κ1) is 21.2. The van der Waals surface area contributed by atoms with Crippen LogP contribution in [0.5, 0.6) is 5.75 Å². The number of carbonyl (C=O) groups is 1. The van der Waals surface area contributed by atoms with Gasteiger partial charge in [-0.2, -0.15) is 0 Å². The van der Waals surface area contributed by atoms with Crippen molar-refractivity contribution in [3.05, 3.63) is 99.2 Å². The minimum Gasteiger partial charge on any atom is -0.483 e. The van der Waals surface area contributed by atoms with E-state index >= 15 is 0 Å². The van der Waals surface area contributed by atoms with E-state index in [1.54, 1.807) is 24.3 Å². The summed E-state index contributed by atoms with van der Waals surface area (Å²) in [7, 11) is 0. The molecule has 0 radical (unpaired) electrons. The molecule has 1 atom stereocenters. The van der Waals surface area contributed by atoms with Crippen molar-refractivity contribution in [2.45, 2.75) is 19.3 Å². The highest BCUT2D eigenvalue weighted by atomic mass is 19.1. The summed E-state index contributed by atoms with van der Waals surface area (Å²) in [5.41, 5.74) is -0.271. The van der Waals surface area contributed by atoms with Crippen molar-refractivity contribution in [2.24, 2.45) is 0 Å². The van der Waals surface area contributed by atoms with E-state index < -0.39 is 35.6 Å². The Balaban J connectivity index is 2.16. The van der Waals surface area contributed by atoms with Crippen LogP contribution in [-0.4, -0.2) is 32.5 Å². The van der Waals surface area contributed by atoms with E-state index in [0.717, 1.165) is 28.3 Å². The molecule has 0 bridgehead atoms. The molecular formula is C22H20FNO6. The van der Waals surface area contributed by atoms with Gasteiger partial charge in [0.2, 0.25) is 5.43 Å². The lowest BCUT2D eigenvalue weighted by Gasteiger charge is -2.23. The topological polar surface area (TPSA) is 109 Å². The zero-order valence-electron chi connectivity index (χ0n) is 15.9. The lowest BCUT2D eigenvalue weighted by Crippen LogP contribution is -2.26. The van der Waals surface area contributed by atoms with Gasteiger partial charge in [-0.25, -0.2) is 9.18 Å². The number of hydrogen-bond donors (Lipinski definition) is 3. The number of rotatable bonds is 8. The fourth-order valence-corrected chi connectivity index (χ4v) is 3.11. The molecule has 0 aliphatic rings. The van der Waals surface area contributed by atoms with Gasteiger partial charge in [0.1, 0.15) is 24.2 Å². The molecule has 0 aliphatic carbocycles. The normalized spacial score (nSPS) is 11.8. The second-order valence-electron chi connectivity index (χ2n) is 6.52. The fourth-order valence-electron chi connectivity index (χ4n) is 3.11. The lowest BCUT2D eigenvalue weighted by molar-refractivity contribution is 0.0679. The van der Waals surface area contributed by atoms with Crippen LogP contribution in [0.2, 0.25) is 0 Å². The van der Waals surface area contributed by atoms with E-state index in [1.807, 2.05) is 6.07 Å². The highest BCUT2D eigenvalue weighted by Gasteiger charge is 2.26. The Labute approximate surface area is 171 Å². The molecule has 1 heterocycles. The van der Waals surface area contributed by atoms with E-state index in [0.29, 0.717) is 0 Å². The third-order valence-corrected chi connectivity index (χ3v) is 4.52. The van der Waals surface area contributed by atoms with Gasteiger partial charge in [-0.05, 0) is 23.3 Å². The molecule has 156 valence electrons. The van der Waals surface area contributed by atoms with Crippen LogP contribution in [0.1, 0.15) is 33.4 Å². The Morgan fingerprint density at radius 3 is 2.37 bits per heavy atom. The number of halogens is 1. The first-order valence-corrected chi connectivity index (χ1v) is 9.14. The van der Waals surface area contributed by atoms with E-state index in [9.17, 15) is 29.3 Å². The van der Waals surface area contributed by atoms with Gasteiger partial charge in [-0.15, -0.1) is 0 Å². The molecule has 3 N–H and O–H groups in total. The summed E-state index contributed by atoms with van der Waals surface area (Å²) in [5, 5.41) is 29.9. The van der Waals surface area contributed by atoms with Crippen molar-refractivity contribution in [3.8, 4) is 5.75 Å². The number of carboxylic acids is 1. The molecule has 0 fully saturated rings. The van der Waals surface area contributed by atoms with Gasteiger partial charge in [-0.1, -0.05) is 42.5 Å². The Morgan fingerprint density at radius 2 is 1.77 bits per heavy atom. The molecule has 3 aromatic rings. The Bertz CT molecular complexity index is 1080. The lowest BCUT2D eigenvalue weighted by atomic mass is 10.0. The van der Waals surface area contributed by atoms with Gasteiger partial charge in [0, 0.05) is 12.6 Å². The summed E-state index contributed by atoms with van der Waals surface area (Å²) in [5.74, 6) is -2.16. The van der Waals surface area contributed by atoms with E-state index in [-0.39, 0.29) is 30.2 Å². The summed E-state index contributed by atoms with van der Waals surface area (Å²) in [6, 6.07) is 14.8. The zero-order chi connectivity index (χ0) is 21.7. The average Bonchev–Trinajstić information content (AvgIpc) is 2.74.